The number of likely N-dealkylation sites (tertiary alicyclic amines) is 1. The van der Waals surface area contributed by atoms with E-state index in [-0.39, 0.29) is 6.42 Å². The molecule has 19 heavy (non-hydrogen) atoms. The van der Waals surface area contributed by atoms with Crippen molar-refractivity contribution in [1.29, 1.82) is 0 Å². The molecule has 0 aliphatic carbocycles. The number of carboxylic acids is 1. The van der Waals surface area contributed by atoms with Gasteiger partial charge >= 0.3 is 5.97 Å². The molecule has 4 heteroatoms. The molecule has 3 nitrogen and oxygen atoms in total. The monoisotopic (exact) mass is 325 g/mol. The first-order valence-corrected chi connectivity index (χ1v) is 7.55. The minimum atomic E-state index is -0.746. The van der Waals surface area contributed by atoms with Crippen molar-refractivity contribution in [2.75, 3.05) is 13.1 Å². The summed E-state index contributed by atoms with van der Waals surface area (Å²) >= 11 is 3.57. The Bertz CT molecular complexity index is 457. The molecule has 1 unspecified atom stereocenters. The van der Waals surface area contributed by atoms with Crippen molar-refractivity contribution in [2.45, 2.75) is 38.1 Å². The third kappa shape index (κ3) is 3.18. The molecule has 1 aliphatic heterocycles. The van der Waals surface area contributed by atoms with E-state index >= 15 is 0 Å². The Kier molecular flexibility index (Phi) is 4.63. The minimum Gasteiger partial charge on any atom is -0.481 e. The number of benzene rings is 1. The van der Waals surface area contributed by atoms with Crippen LogP contribution in [0.15, 0.2) is 28.7 Å². The lowest BCUT2D eigenvalue weighted by Crippen LogP contribution is -2.48. The molecule has 1 fully saturated rings. The van der Waals surface area contributed by atoms with Gasteiger partial charge in [0.2, 0.25) is 0 Å². The van der Waals surface area contributed by atoms with Crippen LogP contribution in [-0.2, 0) is 10.3 Å². The van der Waals surface area contributed by atoms with Crippen molar-refractivity contribution in [3.8, 4) is 0 Å². The zero-order chi connectivity index (χ0) is 13.9. The molecule has 1 aliphatic rings. The van der Waals surface area contributed by atoms with Crippen LogP contribution >= 0.6 is 15.9 Å². The molecule has 0 spiro atoms. The first kappa shape index (κ1) is 14.5. The van der Waals surface area contributed by atoms with Crippen molar-refractivity contribution in [3.05, 3.63) is 34.3 Å². The van der Waals surface area contributed by atoms with Gasteiger partial charge in [0.1, 0.15) is 0 Å². The van der Waals surface area contributed by atoms with Crippen LogP contribution in [0, 0.1) is 0 Å². The smallest absolute Gasteiger partial charge is 0.305 e. The molecule has 1 N–H and O–H groups in total. The first-order chi connectivity index (χ1) is 9.04. The average molecular weight is 326 g/mol. The number of carboxylic acid groups (broad SMARTS) is 1. The SMILES string of the molecule is CC(CC(=O)O)(c1ccccc1Br)N1CCCCC1. The fraction of sp³-hybridized carbons (Fsp3) is 0.533. The summed E-state index contributed by atoms with van der Waals surface area (Å²) in [5.41, 5.74) is 0.631. The maximum Gasteiger partial charge on any atom is 0.305 e. The molecule has 104 valence electrons. The van der Waals surface area contributed by atoms with Crippen LogP contribution in [0.1, 0.15) is 38.2 Å². The lowest BCUT2D eigenvalue weighted by molar-refractivity contribution is -0.140. The molecule has 1 atom stereocenters. The maximum absolute atomic E-state index is 11.3. The van der Waals surface area contributed by atoms with Gasteiger partial charge in [-0.05, 0) is 44.5 Å². The fourth-order valence-corrected chi connectivity index (χ4v) is 3.67. The summed E-state index contributed by atoms with van der Waals surface area (Å²) < 4.78 is 0.990. The lowest BCUT2D eigenvalue weighted by Gasteiger charge is -2.43. The molecule has 0 bridgehead atoms. The summed E-state index contributed by atoms with van der Waals surface area (Å²) in [6, 6.07) is 7.95. The number of hydrogen-bond donors (Lipinski definition) is 1. The molecule has 0 aromatic heterocycles. The second-order valence-electron chi connectivity index (χ2n) is 5.37. The number of halogens is 1. The topological polar surface area (TPSA) is 40.5 Å². The summed E-state index contributed by atoms with van der Waals surface area (Å²) in [7, 11) is 0. The van der Waals surface area contributed by atoms with Crippen LogP contribution in [-0.4, -0.2) is 29.1 Å². The standard InChI is InChI=1S/C15H20BrNO2/c1-15(11-14(18)19,17-9-5-2-6-10-17)12-7-3-4-8-13(12)16/h3-4,7-8H,2,5-6,9-11H2,1H3,(H,18,19). The Morgan fingerprint density at radius 2 is 1.95 bits per heavy atom. The Hall–Kier alpha value is -0.870. The molecule has 1 aromatic rings. The van der Waals surface area contributed by atoms with Crippen LogP contribution in [0.5, 0.6) is 0 Å². The molecule has 1 saturated heterocycles. The summed E-state index contributed by atoms with van der Waals surface area (Å²) in [4.78, 5) is 13.6. The highest BCUT2D eigenvalue weighted by molar-refractivity contribution is 9.10. The highest BCUT2D eigenvalue weighted by atomic mass is 79.9. The third-order valence-electron chi connectivity index (χ3n) is 4.00. The van der Waals surface area contributed by atoms with E-state index in [1.165, 1.54) is 6.42 Å². The summed E-state index contributed by atoms with van der Waals surface area (Å²) in [5.74, 6) is -0.746. The molecule has 2 rings (SSSR count). The first-order valence-electron chi connectivity index (χ1n) is 6.76. The molecular weight excluding hydrogens is 306 g/mol. The zero-order valence-electron chi connectivity index (χ0n) is 11.2. The minimum absolute atomic E-state index is 0.135. The molecular formula is C15H20BrNO2. The molecule has 0 saturated carbocycles. The van der Waals surface area contributed by atoms with Crippen molar-refractivity contribution in [1.82, 2.24) is 4.90 Å². The number of hydrogen-bond acceptors (Lipinski definition) is 2. The molecule has 1 aromatic carbocycles. The van der Waals surface area contributed by atoms with E-state index in [0.717, 1.165) is 36.0 Å². The van der Waals surface area contributed by atoms with Crippen molar-refractivity contribution < 1.29 is 9.90 Å². The second-order valence-corrected chi connectivity index (χ2v) is 6.23. The Morgan fingerprint density at radius 1 is 1.32 bits per heavy atom. The van der Waals surface area contributed by atoms with Crippen LogP contribution in [0.4, 0.5) is 0 Å². The number of nitrogens with zero attached hydrogens (tertiary/aromatic N) is 1. The summed E-state index contributed by atoms with van der Waals surface area (Å²) in [5, 5.41) is 9.29. The summed E-state index contributed by atoms with van der Waals surface area (Å²) in [6.45, 7) is 4.00. The van der Waals surface area contributed by atoms with Gasteiger partial charge in [-0.2, -0.15) is 0 Å². The predicted octanol–water partition coefficient (Wildman–Crippen LogP) is 3.62. The zero-order valence-corrected chi connectivity index (χ0v) is 12.8. The Morgan fingerprint density at radius 3 is 2.53 bits per heavy atom. The van der Waals surface area contributed by atoms with Gasteiger partial charge in [-0.3, -0.25) is 9.69 Å². The average Bonchev–Trinajstić information content (AvgIpc) is 2.39. The van der Waals surface area contributed by atoms with Gasteiger partial charge in [0.25, 0.3) is 0 Å². The van der Waals surface area contributed by atoms with Crippen LogP contribution in [0.2, 0.25) is 0 Å². The van der Waals surface area contributed by atoms with E-state index in [2.05, 4.69) is 20.8 Å². The van der Waals surface area contributed by atoms with E-state index in [0.29, 0.717) is 0 Å². The van der Waals surface area contributed by atoms with Crippen molar-refractivity contribution in [3.63, 3.8) is 0 Å². The van der Waals surface area contributed by atoms with Crippen LogP contribution < -0.4 is 0 Å². The number of aliphatic carboxylic acids is 1. The predicted molar refractivity (Wildman–Crippen MR) is 79.2 cm³/mol. The normalized spacial score (nSPS) is 19.9. The van der Waals surface area contributed by atoms with Crippen LogP contribution in [0.3, 0.4) is 0 Å². The highest BCUT2D eigenvalue weighted by Gasteiger charge is 2.37. The number of rotatable bonds is 4. The van der Waals surface area contributed by atoms with E-state index in [9.17, 15) is 9.90 Å². The van der Waals surface area contributed by atoms with Gasteiger partial charge in [0, 0.05) is 4.47 Å². The van der Waals surface area contributed by atoms with E-state index < -0.39 is 11.5 Å². The van der Waals surface area contributed by atoms with Gasteiger partial charge in [-0.25, -0.2) is 0 Å². The third-order valence-corrected chi connectivity index (χ3v) is 4.70. The van der Waals surface area contributed by atoms with E-state index in [1.54, 1.807) is 0 Å². The van der Waals surface area contributed by atoms with E-state index in [1.807, 2.05) is 31.2 Å². The van der Waals surface area contributed by atoms with E-state index in [4.69, 9.17) is 0 Å². The van der Waals surface area contributed by atoms with Crippen LogP contribution in [0.25, 0.3) is 0 Å². The van der Waals surface area contributed by atoms with Gasteiger partial charge < -0.3 is 5.11 Å². The van der Waals surface area contributed by atoms with Gasteiger partial charge in [0.15, 0.2) is 0 Å². The fourth-order valence-electron chi connectivity index (χ4n) is 2.96. The lowest BCUT2D eigenvalue weighted by atomic mass is 9.85. The number of carbonyl (C=O) groups is 1. The Labute approximate surface area is 122 Å². The van der Waals surface area contributed by atoms with Crippen molar-refractivity contribution >= 4 is 21.9 Å². The van der Waals surface area contributed by atoms with Gasteiger partial charge in [0.05, 0.1) is 12.0 Å². The highest BCUT2D eigenvalue weighted by Crippen LogP contribution is 2.37. The molecule has 0 radical (unpaired) electrons. The number of piperidine rings is 1. The van der Waals surface area contributed by atoms with Gasteiger partial charge in [-0.1, -0.05) is 40.5 Å². The quantitative estimate of drug-likeness (QED) is 0.919. The maximum atomic E-state index is 11.3. The summed E-state index contributed by atoms with van der Waals surface area (Å²) in [6.07, 6.45) is 3.69. The largest absolute Gasteiger partial charge is 0.481 e. The second kappa shape index (κ2) is 6.06. The molecule has 1 heterocycles. The van der Waals surface area contributed by atoms with Crippen molar-refractivity contribution in [2.24, 2.45) is 0 Å². The van der Waals surface area contributed by atoms with Gasteiger partial charge in [-0.15, -0.1) is 0 Å². The molecule has 0 amide bonds. The Balaban J connectivity index is 2.38.